The molecule has 0 bridgehead atoms. The number of carbonyl (C=O) groups is 1. The van der Waals surface area contributed by atoms with Gasteiger partial charge in [-0.2, -0.15) is 5.26 Å². The minimum absolute atomic E-state index is 0.00185. The van der Waals surface area contributed by atoms with Crippen LogP contribution in [0.2, 0.25) is 0 Å². The summed E-state index contributed by atoms with van der Waals surface area (Å²) in [4.78, 5) is 14.6. The zero-order valence-electron chi connectivity index (χ0n) is 11.5. The third-order valence-corrected chi connectivity index (χ3v) is 3.85. The molecule has 0 unspecified atom stereocenters. The van der Waals surface area contributed by atoms with Crippen molar-refractivity contribution in [2.75, 3.05) is 11.4 Å². The summed E-state index contributed by atoms with van der Waals surface area (Å²) in [5, 5.41) is 12.9. The Morgan fingerprint density at radius 2 is 2.00 bits per heavy atom. The van der Waals surface area contributed by atoms with Crippen molar-refractivity contribution in [1.82, 2.24) is 9.59 Å². The second-order valence-electron chi connectivity index (χ2n) is 4.48. The molecule has 0 N–H and O–H groups in total. The van der Waals surface area contributed by atoms with Crippen molar-refractivity contribution in [3.05, 3.63) is 39.9 Å². The van der Waals surface area contributed by atoms with Crippen LogP contribution >= 0.6 is 11.5 Å². The molecule has 1 amide bonds. The number of hydrogen-bond donors (Lipinski definition) is 0. The number of benzene rings is 1. The fraction of sp³-hybridized carbons (Fsp3) is 0.286. The highest BCUT2D eigenvalue weighted by Gasteiger charge is 2.24. The molecule has 0 fully saturated rings. The molecule has 6 heteroatoms. The molecule has 102 valence electrons. The van der Waals surface area contributed by atoms with E-state index in [0.717, 1.165) is 28.3 Å². The number of carbonyl (C=O) groups excluding carboxylic acids is 1. The first-order valence-corrected chi connectivity index (χ1v) is 6.87. The van der Waals surface area contributed by atoms with Gasteiger partial charge in [0.25, 0.3) is 5.91 Å². The van der Waals surface area contributed by atoms with Crippen molar-refractivity contribution in [3.63, 3.8) is 0 Å². The van der Waals surface area contributed by atoms with Gasteiger partial charge in [-0.3, -0.25) is 9.69 Å². The molecular formula is C14H14N4OS. The summed E-state index contributed by atoms with van der Waals surface area (Å²) in [5.74, 6) is -0.226. The second-order valence-corrected chi connectivity index (χ2v) is 5.23. The van der Waals surface area contributed by atoms with Crippen LogP contribution in [0.3, 0.4) is 0 Å². The Morgan fingerprint density at radius 3 is 2.50 bits per heavy atom. The average molecular weight is 286 g/mol. The van der Waals surface area contributed by atoms with Crippen LogP contribution in [-0.4, -0.2) is 22.0 Å². The Labute approximate surface area is 121 Å². The van der Waals surface area contributed by atoms with Crippen LogP contribution < -0.4 is 4.90 Å². The molecular weight excluding hydrogens is 272 g/mol. The van der Waals surface area contributed by atoms with Crippen molar-refractivity contribution in [1.29, 1.82) is 5.26 Å². The highest BCUT2D eigenvalue weighted by atomic mass is 32.1. The van der Waals surface area contributed by atoms with E-state index in [4.69, 9.17) is 5.26 Å². The van der Waals surface area contributed by atoms with E-state index in [0.29, 0.717) is 10.6 Å². The molecule has 1 heterocycles. The van der Waals surface area contributed by atoms with Crippen molar-refractivity contribution in [3.8, 4) is 6.07 Å². The van der Waals surface area contributed by atoms with Gasteiger partial charge in [0.2, 0.25) is 0 Å². The normalized spacial score (nSPS) is 10.1. The molecule has 0 aliphatic heterocycles. The minimum Gasteiger partial charge on any atom is -0.293 e. The van der Waals surface area contributed by atoms with E-state index >= 15 is 0 Å². The van der Waals surface area contributed by atoms with Crippen LogP contribution in [0.15, 0.2) is 18.2 Å². The topological polar surface area (TPSA) is 69.9 Å². The van der Waals surface area contributed by atoms with Gasteiger partial charge >= 0.3 is 0 Å². The number of aryl methyl sites for hydroxylation is 3. The van der Waals surface area contributed by atoms with Crippen molar-refractivity contribution in [2.24, 2.45) is 0 Å². The Bertz CT molecular complexity index is 666. The fourth-order valence-corrected chi connectivity index (χ4v) is 2.71. The summed E-state index contributed by atoms with van der Waals surface area (Å²) in [5.41, 5.74) is 3.30. The molecule has 1 aromatic carbocycles. The van der Waals surface area contributed by atoms with E-state index in [2.05, 4.69) is 15.7 Å². The number of amides is 1. The lowest BCUT2D eigenvalue weighted by Crippen LogP contribution is -2.32. The zero-order valence-corrected chi connectivity index (χ0v) is 12.4. The molecule has 0 saturated heterocycles. The van der Waals surface area contributed by atoms with E-state index in [1.54, 1.807) is 6.92 Å². The predicted molar refractivity (Wildman–Crippen MR) is 77.9 cm³/mol. The quantitative estimate of drug-likeness (QED) is 0.813. The number of hydrogen-bond acceptors (Lipinski definition) is 5. The van der Waals surface area contributed by atoms with E-state index < -0.39 is 0 Å². The maximum atomic E-state index is 12.6. The first-order valence-electron chi connectivity index (χ1n) is 6.10. The maximum absolute atomic E-state index is 12.6. The van der Waals surface area contributed by atoms with Gasteiger partial charge in [-0.15, -0.1) is 5.10 Å². The van der Waals surface area contributed by atoms with Gasteiger partial charge in [-0.25, -0.2) is 0 Å². The van der Waals surface area contributed by atoms with E-state index in [1.165, 1.54) is 4.90 Å². The molecule has 2 rings (SSSR count). The third kappa shape index (κ3) is 2.53. The summed E-state index contributed by atoms with van der Waals surface area (Å²) in [6.45, 7) is 5.60. The minimum atomic E-state index is -0.226. The molecule has 0 spiro atoms. The molecule has 0 atom stereocenters. The molecule has 2 aromatic rings. The number of nitriles is 1. The van der Waals surface area contributed by atoms with Crippen LogP contribution in [0.25, 0.3) is 0 Å². The van der Waals surface area contributed by atoms with Gasteiger partial charge in [-0.05, 0) is 43.4 Å². The van der Waals surface area contributed by atoms with Crippen LogP contribution in [-0.2, 0) is 0 Å². The Kier molecular flexibility index (Phi) is 4.11. The van der Waals surface area contributed by atoms with E-state index in [1.807, 2.05) is 32.0 Å². The van der Waals surface area contributed by atoms with Crippen LogP contribution in [0, 0.1) is 32.1 Å². The Morgan fingerprint density at radius 1 is 1.35 bits per heavy atom. The largest absolute Gasteiger partial charge is 0.293 e. The van der Waals surface area contributed by atoms with Crippen molar-refractivity contribution < 1.29 is 4.79 Å². The summed E-state index contributed by atoms with van der Waals surface area (Å²) in [6, 6.07) is 7.84. The Balaban J connectivity index is 2.50. The third-order valence-electron chi connectivity index (χ3n) is 3.03. The summed E-state index contributed by atoms with van der Waals surface area (Å²) < 4.78 is 3.79. The Hall–Kier alpha value is -2.26. The average Bonchev–Trinajstić information content (AvgIpc) is 2.83. The van der Waals surface area contributed by atoms with Gasteiger partial charge < -0.3 is 0 Å². The van der Waals surface area contributed by atoms with Gasteiger partial charge in [0.15, 0.2) is 0 Å². The lowest BCUT2D eigenvalue weighted by atomic mass is 10.1. The highest BCUT2D eigenvalue weighted by molar-refractivity contribution is 7.08. The molecule has 0 aliphatic rings. The van der Waals surface area contributed by atoms with E-state index in [9.17, 15) is 4.79 Å². The van der Waals surface area contributed by atoms with Crippen LogP contribution in [0.5, 0.6) is 0 Å². The van der Waals surface area contributed by atoms with Crippen molar-refractivity contribution in [2.45, 2.75) is 20.8 Å². The standard InChI is InChI=1S/C14H14N4OS/c1-9-5-4-6-10(2)12(9)18(8-7-15)14(19)13-11(3)16-17-20-13/h4-6H,8H2,1-3H3. The van der Waals surface area contributed by atoms with E-state index in [-0.39, 0.29) is 12.5 Å². The van der Waals surface area contributed by atoms with Crippen LogP contribution in [0.4, 0.5) is 5.69 Å². The van der Waals surface area contributed by atoms with Gasteiger partial charge in [0.05, 0.1) is 17.5 Å². The maximum Gasteiger partial charge on any atom is 0.272 e. The monoisotopic (exact) mass is 286 g/mol. The first kappa shape index (κ1) is 14.2. The SMILES string of the molecule is Cc1cccc(C)c1N(CC#N)C(=O)c1snnc1C. The molecule has 0 aliphatic carbocycles. The number of aromatic nitrogens is 2. The van der Waals surface area contributed by atoms with Gasteiger partial charge in [0, 0.05) is 0 Å². The number of nitrogens with zero attached hydrogens (tertiary/aromatic N) is 4. The number of para-hydroxylation sites is 1. The smallest absolute Gasteiger partial charge is 0.272 e. The van der Waals surface area contributed by atoms with Gasteiger partial charge in [-0.1, -0.05) is 22.7 Å². The molecule has 0 radical (unpaired) electrons. The summed E-state index contributed by atoms with van der Waals surface area (Å²) in [7, 11) is 0. The molecule has 5 nitrogen and oxygen atoms in total. The lowest BCUT2D eigenvalue weighted by molar-refractivity contribution is 0.0993. The molecule has 0 saturated carbocycles. The summed E-state index contributed by atoms with van der Waals surface area (Å²) >= 11 is 1.06. The van der Waals surface area contributed by atoms with Crippen LogP contribution in [0.1, 0.15) is 26.5 Å². The summed E-state index contributed by atoms with van der Waals surface area (Å²) in [6.07, 6.45) is 0. The second kappa shape index (κ2) is 5.80. The fourth-order valence-electron chi connectivity index (χ4n) is 2.10. The van der Waals surface area contributed by atoms with Crippen molar-refractivity contribution >= 4 is 23.1 Å². The highest BCUT2D eigenvalue weighted by Crippen LogP contribution is 2.27. The number of anilines is 1. The number of rotatable bonds is 3. The lowest BCUT2D eigenvalue weighted by Gasteiger charge is -2.23. The molecule has 20 heavy (non-hydrogen) atoms. The first-order chi connectivity index (χ1) is 9.56. The zero-order chi connectivity index (χ0) is 14.7. The van der Waals surface area contributed by atoms with Gasteiger partial charge in [0.1, 0.15) is 11.4 Å². The predicted octanol–water partition coefficient (Wildman–Crippen LogP) is 2.63. The molecule has 1 aromatic heterocycles.